The zero-order valence-electron chi connectivity index (χ0n) is 14.8. The van der Waals surface area contributed by atoms with E-state index in [1.807, 2.05) is 0 Å². The first kappa shape index (κ1) is 16.4. The summed E-state index contributed by atoms with van der Waals surface area (Å²) < 4.78 is 13.9. The standard InChI is InChI=1S/C20H22FN3OS/c1-24(17(25)15-4-2-3-5-16(15)21)19-23-22-18(26-19)20-9-12-6-13(10-20)8-14(7-12)11-20/h2-5,12-14H,6-11H2,1H3. The molecular weight excluding hydrogens is 349 g/mol. The molecule has 0 spiro atoms. The molecule has 0 N–H and O–H groups in total. The van der Waals surface area contributed by atoms with Crippen molar-refractivity contribution in [3.63, 3.8) is 0 Å². The number of hydrogen-bond donors (Lipinski definition) is 0. The fraction of sp³-hybridized carbons (Fsp3) is 0.550. The van der Waals surface area contributed by atoms with E-state index in [9.17, 15) is 9.18 Å². The van der Waals surface area contributed by atoms with E-state index in [0.717, 1.165) is 22.8 Å². The third-order valence-corrected chi connectivity index (χ3v) is 7.85. The molecule has 0 radical (unpaired) electrons. The van der Waals surface area contributed by atoms with Crippen molar-refractivity contribution < 1.29 is 9.18 Å². The third-order valence-electron chi connectivity index (χ3n) is 6.60. The number of amides is 1. The largest absolute Gasteiger partial charge is 0.286 e. The quantitative estimate of drug-likeness (QED) is 0.802. The maximum atomic E-state index is 13.9. The van der Waals surface area contributed by atoms with Gasteiger partial charge in [0.1, 0.15) is 10.8 Å². The molecule has 136 valence electrons. The van der Waals surface area contributed by atoms with Gasteiger partial charge in [-0.25, -0.2) is 4.39 Å². The van der Waals surface area contributed by atoms with Crippen LogP contribution in [-0.4, -0.2) is 23.2 Å². The van der Waals surface area contributed by atoms with Crippen molar-refractivity contribution in [2.45, 2.75) is 43.9 Å². The van der Waals surface area contributed by atoms with E-state index in [1.165, 1.54) is 66.9 Å². The monoisotopic (exact) mass is 371 g/mol. The molecule has 4 bridgehead atoms. The lowest BCUT2D eigenvalue weighted by Gasteiger charge is -2.55. The number of anilines is 1. The van der Waals surface area contributed by atoms with Crippen LogP contribution < -0.4 is 4.90 Å². The van der Waals surface area contributed by atoms with Crippen LogP contribution in [0.2, 0.25) is 0 Å². The molecule has 1 aromatic carbocycles. The van der Waals surface area contributed by atoms with Gasteiger partial charge in [-0.1, -0.05) is 23.5 Å². The minimum atomic E-state index is -0.504. The molecule has 4 aliphatic rings. The number of halogens is 1. The van der Waals surface area contributed by atoms with Crippen molar-refractivity contribution in [3.8, 4) is 0 Å². The molecule has 1 heterocycles. The van der Waals surface area contributed by atoms with Crippen LogP contribution in [0.15, 0.2) is 24.3 Å². The van der Waals surface area contributed by atoms with E-state index in [-0.39, 0.29) is 16.9 Å². The van der Waals surface area contributed by atoms with E-state index in [1.54, 1.807) is 19.2 Å². The Balaban J connectivity index is 1.42. The molecule has 4 saturated carbocycles. The highest BCUT2D eigenvalue weighted by Crippen LogP contribution is 2.61. The molecule has 0 aliphatic heterocycles. The molecular formula is C20H22FN3OS. The van der Waals surface area contributed by atoms with Gasteiger partial charge < -0.3 is 0 Å². The summed E-state index contributed by atoms with van der Waals surface area (Å²) in [6.07, 6.45) is 7.82. The number of carbonyl (C=O) groups is 1. The minimum Gasteiger partial charge on any atom is -0.286 e. The van der Waals surface area contributed by atoms with Crippen LogP contribution in [-0.2, 0) is 5.41 Å². The molecule has 0 atom stereocenters. The fourth-order valence-corrected chi connectivity index (χ4v) is 6.86. The Kier molecular flexibility index (Phi) is 3.68. The molecule has 0 saturated heterocycles. The van der Waals surface area contributed by atoms with Crippen molar-refractivity contribution in [1.29, 1.82) is 0 Å². The van der Waals surface area contributed by atoms with E-state index in [0.29, 0.717) is 5.13 Å². The van der Waals surface area contributed by atoms with Gasteiger partial charge in [0.2, 0.25) is 5.13 Å². The van der Waals surface area contributed by atoms with Gasteiger partial charge in [0.15, 0.2) is 0 Å². The zero-order chi connectivity index (χ0) is 17.9. The second-order valence-electron chi connectivity index (χ2n) is 8.43. The van der Waals surface area contributed by atoms with E-state index >= 15 is 0 Å². The lowest BCUT2D eigenvalue weighted by atomic mass is 9.50. The highest BCUT2D eigenvalue weighted by atomic mass is 32.1. The molecule has 1 aromatic heterocycles. The van der Waals surface area contributed by atoms with Crippen LogP contribution in [0.5, 0.6) is 0 Å². The Morgan fingerprint density at radius 2 is 1.73 bits per heavy atom. The highest BCUT2D eigenvalue weighted by molar-refractivity contribution is 7.15. The molecule has 4 nitrogen and oxygen atoms in total. The Morgan fingerprint density at radius 1 is 1.12 bits per heavy atom. The molecule has 1 amide bonds. The van der Waals surface area contributed by atoms with Gasteiger partial charge in [0.05, 0.1) is 5.56 Å². The van der Waals surface area contributed by atoms with Crippen LogP contribution in [0.4, 0.5) is 9.52 Å². The van der Waals surface area contributed by atoms with Gasteiger partial charge >= 0.3 is 0 Å². The maximum absolute atomic E-state index is 13.9. The lowest BCUT2D eigenvalue weighted by molar-refractivity contribution is -0.00555. The van der Waals surface area contributed by atoms with E-state index in [4.69, 9.17) is 0 Å². The topological polar surface area (TPSA) is 46.1 Å². The lowest BCUT2D eigenvalue weighted by Crippen LogP contribution is -2.48. The van der Waals surface area contributed by atoms with E-state index < -0.39 is 5.82 Å². The number of aromatic nitrogens is 2. The molecule has 26 heavy (non-hydrogen) atoms. The summed E-state index contributed by atoms with van der Waals surface area (Å²) in [7, 11) is 1.65. The Bertz CT molecular complexity index is 829. The van der Waals surface area contributed by atoms with Gasteiger partial charge in [-0.3, -0.25) is 9.69 Å². The minimum absolute atomic E-state index is 0.0709. The predicted molar refractivity (Wildman–Crippen MR) is 98.9 cm³/mol. The fourth-order valence-electron chi connectivity index (χ4n) is 5.84. The number of benzene rings is 1. The van der Waals surface area contributed by atoms with Crippen LogP contribution in [0.25, 0.3) is 0 Å². The van der Waals surface area contributed by atoms with Gasteiger partial charge in [-0.05, 0) is 68.4 Å². The average Bonchev–Trinajstić information content (AvgIpc) is 3.11. The Hall–Kier alpha value is -1.82. The van der Waals surface area contributed by atoms with Crippen molar-refractivity contribution >= 4 is 22.4 Å². The molecule has 2 aromatic rings. The summed E-state index contributed by atoms with van der Waals surface area (Å²) >= 11 is 1.52. The van der Waals surface area contributed by atoms with Crippen molar-refractivity contribution in [3.05, 3.63) is 40.7 Å². The number of rotatable bonds is 3. The third kappa shape index (κ3) is 2.49. The summed E-state index contributed by atoms with van der Waals surface area (Å²) in [4.78, 5) is 14.1. The molecule has 4 fully saturated rings. The van der Waals surface area contributed by atoms with Gasteiger partial charge in [-0.2, -0.15) is 0 Å². The summed E-state index contributed by atoms with van der Waals surface area (Å²) in [5, 5.41) is 10.4. The van der Waals surface area contributed by atoms with Crippen molar-refractivity contribution in [2.24, 2.45) is 17.8 Å². The van der Waals surface area contributed by atoms with E-state index in [2.05, 4.69) is 10.2 Å². The number of nitrogens with zero attached hydrogens (tertiary/aromatic N) is 3. The summed E-state index contributed by atoms with van der Waals surface area (Å²) in [6, 6.07) is 6.07. The molecule has 4 aliphatic carbocycles. The smallest absolute Gasteiger partial charge is 0.262 e. The van der Waals surface area contributed by atoms with Crippen molar-refractivity contribution in [2.75, 3.05) is 11.9 Å². The molecule has 6 heteroatoms. The maximum Gasteiger partial charge on any atom is 0.262 e. The van der Waals surface area contributed by atoms with Crippen molar-refractivity contribution in [1.82, 2.24) is 10.2 Å². The molecule has 0 unspecified atom stereocenters. The first-order valence-electron chi connectivity index (χ1n) is 9.41. The summed E-state index contributed by atoms with van der Waals surface area (Å²) in [6.45, 7) is 0. The number of carbonyl (C=O) groups excluding carboxylic acids is 1. The van der Waals surface area contributed by atoms with Crippen LogP contribution in [0, 0.1) is 23.6 Å². The average molecular weight is 371 g/mol. The van der Waals surface area contributed by atoms with Gasteiger partial charge in [-0.15, -0.1) is 10.2 Å². The van der Waals surface area contributed by atoms with Gasteiger partial charge in [0.25, 0.3) is 5.91 Å². The van der Waals surface area contributed by atoms with Crippen LogP contribution >= 0.6 is 11.3 Å². The van der Waals surface area contributed by atoms with Crippen LogP contribution in [0.1, 0.15) is 53.9 Å². The van der Waals surface area contributed by atoms with Crippen LogP contribution in [0.3, 0.4) is 0 Å². The number of hydrogen-bond acceptors (Lipinski definition) is 4. The first-order valence-corrected chi connectivity index (χ1v) is 10.2. The summed E-state index contributed by atoms with van der Waals surface area (Å²) in [5.74, 6) is 1.63. The Labute approximate surface area is 156 Å². The second-order valence-corrected chi connectivity index (χ2v) is 9.39. The molecule has 6 rings (SSSR count). The summed E-state index contributed by atoms with van der Waals surface area (Å²) in [5.41, 5.74) is 0.244. The predicted octanol–water partition coefficient (Wildman–Crippen LogP) is 4.42. The Morgan fingerprint density at radius 3 is 2.35 bits per heavy atom. The second kappa shape index (κ2) is 5.84. The first-order chi connectivity index (χ1) is 12.5. The highest BCUT2D eigenvalue weighted by Gasteiger charge is 2.53. The zero-order valence-corrected chi connectivity index (χ0v) is 15.6. The van der Waals surface area contributed by atoms with Gasteiger partial charge in [0, 0.05) is 12.5 Å². The normalized spacial score (nSPS) is 32.0. The SMILES string of the molecule is CN(C(=O)c1ccccc1F)c1nnc(C23CC4CC(CC(C4)C2)C3)s1.